The van der Waals surface area contributed by atoms with Gasteiger partial charge in [0.25, 0.3) is 0 Å². The Kier molecular flexibility index (Phi) is 9.20. The van der Waals surface area contributed by atoms with E-state index in [9.17, 15) is 18.0 Å². The van der Waals surface area contributed by atoms with E-state index >= 15 is 0 Å². The zero-order valence-corrected chi connectivity index (χ0v) is 20.7. The highest BCUT2D eigenvalue weighted by Crippen LogP contribution is 2.29. The van der Waals surface area contributed by atoms with Crippen molar-refractivity contribution in [3.63, 3.8) is 0 Å². The van der Waals surface area contributed by atoms with Crippen molar-refractivity contribution in [3.8, 4) is 5.75 Å². The molecule has 1 aromatic rings. The Hall–Kier alpha value is -1.96. The number of nitrogens with zero attached hydrogens (tertiary/aromatic N) is 2. The molecule has 35 heavy (non-hydrogen) atoms. The standard InChI is InChI=1S/C27H40F3N3O2/c28-27(29,30)35-25-8-6-24(7-9-25)33-18-13-23(14-19-33)26(34)31-15-10-21-11-16-32(17-12-21)20-22-4-2-1-3-5-22/h6-9,21-23H,1-5,10-20H2,(H,31,34). The average molecular weight is 496 g/mol. The summed E-state index contributed by atoms with van der Waals surface area (Å²) >= 11 is 0. The Labute approximate surface area is 207 Å². The maximum absolute atomic E-state index is 12.7. The zero-order chi connectivity index (χ0) is 24.7. The fraction of sp³-hybridized carbons (Fsp3) is 0.741. The molecule has 1 aliphatic carbocycles. The van der Waals surface area contributed by atoms with Gasteiger partial charge in [-0.15, -0.1) is 13.2 Å². The van der Waals surface area contributed by atoms with Gasteiger partial charge in [0.15, 0.2) is 0 Å². The van der Waals surface area contributed by atoms with Crippen molar-refractivity contribution in [2.24, 2.45) is 17.8 Å². The SMILES string of the molecule is O=C(NCCC1CCN(CC2CCCCC2)CC1)C1CCN(c2ccc(OC(F)(F)F)cc2)CC1. The maximum atomic E-state index is 12.7. The number of nitrogens with one attached hydrogen (secondary N) is 1. The monoisotopic (exact) mass is 495 g/mol. The van der Waals surface area contributed by atoms with Gasteiger partial charge < -0.3 is 19.9 Å². The summed E-state index contributed by atoms with van der Waals surface area (Å²) in [7, 11) is 0. The molecule has 0 bridgehead atoms. The fourth-order valence-electron chi connectivity index (χ4n) is 5.99. The van der Waals surface area contributed by atoms with E-state index in [2.05, 4.69) is 19.9 Å². The van der Waals surface area contributed by atoms with Crippen molar-refractivity contribution in [1.82, 2.24) is 10.2 Å². The molecule has 3 aliphatic rings. The molecule has 1 amide bonds. The van der Waals surface area contributed by atoms with Crippen LogP contribution in [-0.4, -0.2) is 56.4 Å². The summed E-state index contributed by atoms with van der Waals surface area (Å²) < 4.78 is 40.9. The van der Waals surface area contributed by atoms with Crippen molar-refractivity contribution < 1.29 is 22.7 Å². The molecule has 1 aromatic carbocycles. The second kappa shape index (κ2) is 12.3. The van der Waals surface area contributed by atoms with Gasteiger partial charge in [-0.2, -0.15) is 0 Å². The number of rotatable bonds is 8. The van der Waals surface area contributed by atoms with Crippen LogP contribution in [0.15, 0.2) is 24.3 Å². The van der Waals surface area contributed by atoms with Crippen LogP contribution in [0.25, 0.3) is 0 Å². The molecule has 3 fully saturated rings. The van der Waals surface area contributed by atoms with E-state index in [0.29, 0.717) is 5.92 Å². The van der Waals surface area contributed by atoms with Gasteiger partial charge in [0, 0.05) is 37.8 Å². The Morgan fingerprint density at radius 2 is 1.54 bits per heavy atom. The van der Waals surface area contributed by atoms with Crippen molar-refractivity contribution in [1.29, 1.82) is 0 Å². The number of amides is 1. The fourth-order valence-corrected chi connectivity index (χ4v) is 5.99. The molecule has 1 N–H and O–H groups in total. The molecule has 0 radical (unpaired) electrons. The highest BCUT2D eigenvalue weighted by Gasteiger charge is 2.31. The lowest BCUT2D eigenvalue weighted by Crippen LogP contribution is -2.41. The summed E-state index contributed by atoms with van der Waals surface area (Å²) in [5.41, 5.74) is 0.855. The van der Waals surface area contributed by atoms with E-state index in [1.54, 1.807) is 12.1 Å². The summed E-state index contributed by atoms with van der Waals surface area (Å²) in [6, 6.07) is 5.95. The number of likely N-dealkylation sites (tertiary alicyclic amines) is 1. The number of hydrogen-bond acceptors (Lipinski definition) is 4. The predicted molar refractivity (Wildman–Crippen MR) is 131 cm³/mol. The van der Waals surface area contributed by atoms with Gasteiger partial charge in [-0.3, -0.25) is 4.79 Å². The molecule has 0 unspecified atom stereocenters. The molecule has 196 valence electrons. The van der Waals surface area contributed by atoms with Gasteiger partial charge in [0.1, 0.15) is 5.75 Å². The number of carbonyl (C=O) groups excluding carboxylic acids is 1. The Balaban J connectivity index is 1.10. The van der Waals surface area contributed by atoms with Gasteiger partial charge in [-0.25, -0.2) is 0 Å². The van der Waals surface area contributed by atoms with Crippen molar-refractivity contribution in [2.45, 2.75) is 70.6 Å². The van der Waals surface area contributed by atoms with Crippen LogP contribution in [0.3, 0.4) is 0 Å². The third-order valence-corrected chi connectivity index (χ3v) is 8.10. The van der Waals surface area contributed by atoms with Gasteiger partial charge in [0.05, 0.1) is 0 Å². The van der Waals surface area contributed by atoms with Crippen molar-refractivity contribution in [3.05, 3.63) is 24.3 Å². The molecule has 2 heterocycles. The Morgan fingerprint density at radius 1 is 0.886 bits per heavy atom. The molecule has 0 spiro atoms. The van der Waals surface area contributed by atoms with Gasteiger partial charge in [-0.1, -0.05) is 19.3 Å². The summed E-state index contributed by atoms with van der Waals surface area (Å²) in [4.78, 5) is 17.4. The van der Waals surface area contributed by atoms with E-state index in [-0.39, 0.29) is 17.6 Å². The third-order valence-electron chi connectivity index (χ3n) is 8.10. The minimum atomic E-state index is -4.68. The summed E-state index contributed by atoms with van der Waals surface area (Å²) in [5.74, 6) is 1.56. The predicted octanol–water partition coefficient (Wildman–Crippen LogP) is 5.60. The topological polar surface area (TPSA) is 44.8 Å². The molecule has 0 aromatic heterocycles. The van der Waals surface area contributed by atoms with Gasteiger partial charge in [-0.05, 0) is 94.1 Å². The number of carbonyl (C=O) groups is 1. The first-order chi connectivity index (χ1) is 16.9. The van der Waals surface area contributed by atoms with Gasteiger partial charge in [0.2, 0.25) is 5.91 Å². The zero-order valence-electron chi connectivity index (χ0n) is 20.7. The Bertz CT molecular complexity index is 780. The van der Waals surface area contributed by atoms with Gasteiger partial charge >= 0.3 is 6.36 Å². The molecule has 8 heteroatoms. The van der Waals surface area contributed by atoms with E-state index < -0.39 is 6.36 Å². The van der Waals surface area contributed by atoms with Crippen LogP contribution < -0.4 is 15.0 Å². The number of hydrogen-bond donors (Lipinski definition) is 1. The quantitative estimate of drug-likeness (QED) is 0.510. The molecule has 2 aliphatic heterocycles. The lowest BCUT2D eigenvalue weighted by atomic mass is 9.87. The van der Waals surface area contributed by atoms with E-state index in [1.807, 2.05) is 0 Å². The normalized spacial score (nSPS) is 21.7. The summed E-state index contributed by atoms with van der Waals surface area (Å²) in [6.07, 6.45) is 7.44. The molecule has 5 nitrogen and oxygen atoms in total. The van der Waals surface area contributed by atoms with Crippen LogP contribution in [0.5, 0.6) is 5.75 Å². The molecule has 2 saturated heterocycles. The van der Waals surface area contributed by atoms with Crippen LogP contribution in [0.4, 0.5) is 18.9 Å². The number of anilines is 1. The highest BCUT2D eigenvalue weighted by atomic mass is 19.4. The molecule has 0 atom stereocenters. The van der Waals surface area contributed by atoms with Crippen molar-refractivity contribution >= 4 is 11.6 Å². The first-order valence-electron chi connectivity index (χ1n) is 13.5. The smallest absolute Gasteiger partial charge is 0.406 e. The first-order valence-corrected chi connectivity index (χ1v) is 13.5. The Morgan fingerprint density at radius 3 is 2.17 bits per heavy atom. The molecule has 1 saturated carbocycles. The van der Waals surface area contributed by atoms with Crippen molar-refractivity contribution in [2.75, 3.05) is 44.2 Å². The van der Waals surface area contributed by atoms with E-state index in [4.69, 9.17) is 0 Å². The minimum Gasteiger partial charge on any atom is -0.406 e. The second-order valence-corrected chi connectivity index (χ2v) is 10.6. The average Bonchev–Trinajstić information content (AvgIpc) is 2.85. The van der Waals surface area contributed by atoms with E-state index in [0.717, 1.165) is 50.5 Å². The van der Waals surface area contributed by atoms with Crippen LogP contribution in [0.1, 0.15) is 64.2 Å². The lowest BCUT2D eigenvalue weighted by Gasteiger charge is -2.35. The minimum absolute atomic E-state index is 0.0106. The van der Waals surface area contributed by atoms with Crippen LogP contribution in [0.2, 0.25) is 0 Å². The van der Waals surface area contributed by atoms with Crippen LogP contribution >= 0.6 is 0 Å². The number of benzene rings is 1. The molecular formula is C27H40F3N3O2. The van der Waals surface area contributed by atoms with E-state index in [1.165, 1.54) is 76.7 Å². The third kappa shape index (κ3) is 8.29. The first kappa shape index (κ1) is 26.1. The van der Waals surface area contributed by atoms with Crippen LogP contribution in [-0.2, 0) is 4.79 Å². The maximum Gasteiger partial charge on any atom is 0.573 e. The lowest BCUT2D eigenvalue weighted by molar-refractivity contribution is -0.274. The largest absolute Gasteiger partial charge is 0.573 e. The number of ether oxygens (including phenoxy) is 1. The number of halogens is 3. The number of alkyl halides is 3. The summed E-state index contributed by atoms with van der Waals surface area (Å²) in [5, 5.41) is 3.17. The molecular weight excluding hydrogens is 455 g/mol. The molecule has 4 rings (SSSR count). The van der Waals surface area contributed by atoms with Crippen LogP contribution in [0, 0.1) is 17.8 Å². The highest BCUT2D eigenvalue weighted by molar-refractivity contribution is 5.79. The number of piperidine rings is 2. The second-order valence-electron chi connectivity index (χ2n) is 10.6. The summed E-state index contributed by atoms with van der Waals surface area (Å²) in [6.45, 7) is 5.89.